The van der Waals surface area contributed by atoms with Gasteiger partial charge in [-0.05, 0) is 23.3 Å². The van der Waals surface area contributed by atoms with Crippen LogP contribution in [0.2, 0.25) is 5.02 Å². The third-order valence-electron chi connectivity index (χ3n) is 4.43. The molecule has 0 aromatic heterocycles. The fourth-order valence-corrected chi connectivity index (χ4v) is 3.04. The lowest BCUT2D eigenvalue weighted by Gasteiger charge is -2.17. The maximum absolute atomic E-state index is 12.8. The van der Waals surface area contributed by atoms with Crippen molar-refractivity contribution < 1.29 is 24.2 Å². The molecule has 0 saturated carbocycles. The quantitative estimate of drug-likeness (QED) is 0.496. The number of carbonyl (C=O) groups excluding carboxylic acids is 2. The van der Waals surface area contributed by atoms with Crippen LogP contribution >= 0.6 is 11.6 Å². The molecule has 3 aromatic rings. The third kappa shape index (κ3) is 6.31. The van der Waals surface area contributed by atoms with Crippen molar-refractivity contribution in [3.05, 3.63) is 101 Å². The number of nitrogens with one attached hydrogen (secondary N) is 1. The van der Waals surface area contributed by atoms with Gasteiger partial charge in [0.2, 0.25) is 0 Å². The summed E-state index contributed by atoms with van der Waals surface area (Å²) in [6.07, 6.45) is 0. The highest BCUT2D eigenvalue weighted by molar-refractivity contribution is 6.32. The minimum atomic E-state index is -1.22. The van der Waals surface area contributed by atoms with Gasteiger partial charge in [-0.2, -0.15) is 0 Å². The molecule has 0 aliphatic rings. The van der Waals surface area contributed by atoms with Gasteiger partial charge in [0.1, 0.15) is 13.2 Å². The Hall–Kier alpha value is -3.35. The predicted octanol–water partition coefficient (Wildman–Crippen LogP) is 3.75. The van der Waals surface area contributed by atoms with E-state index in [-0.39, 0.29) is 29.5 Å². The zero-order chi connectivity index (χ0) is 22.1. The van der Waals surface area contributed by atoms with Crippen LogP contribution in [0.4, 0.5) is 0 Å². The largest absolute Gasteiger partial charge is 0.487 e. The van der Waals surface area contributed by atoms with E-state index in [1.807, 2.05) is 60.7 Å². The van der Waals surface area contributed by atoms with E-state index in [0.717, 1.165) is 11.1 Å². The molecule has 0 unspecified atom stereocenters. The summed E-state index contributed by atoms with van der Waals surface area (Å²) in [7, 11) is 0. The van der Waals surface area contributed by atoms with Gasteiger partial charge in [0.05, 0.1) is 17.2 Å². The van der Waals surface area contributed by atoms with Crippen molar-refractivity contribution in [1.29, 1.82) is 0 Å². The molecule has 3 rings (SSSR count). The third-order valence-corrected chi connectivity index (χ3v) is 4.73. The molecule has 0 radical (unpaired) electrons. The Balaban J connectivity index is 1.66. The Labute approximate surface area is 185 Å². The second-order valence-electron chi connectivity index (χ2n) is 6.69. The number of ether oxygens (including phenoxy) is 2. The van der Waals surface area contributed by atoms with E-state index in [2.05, 4.69) is 5.32 Å². The molecule has 6 nitrogen and oxygen atoms in total. The lowest BCUT2D eigenvalue weighted by molar-refractivity contribution is -0.148. The molecule has 0 bridgehead atoms. The summed E-state index contributed by atoms with van der Waals surface area (Å²) in [5, 5.41) is 12.3. The fourth-order valence-electron chi connectivity index (χ4n) is 2.81. The number of aliphatic hydroxyl groups excluding tert-OH is 1. The maximum Gasteiger partial charge on any atom is 0.331 e. The molecule has 0 spiro atoms. The summed E-state index contributed by atoms with van der Waals surface area (Å²) in [5.74, 6) is -1.16. The topological polar surface area (TPSA) is 84.9 Å². The number of carbonyl (C=O) groups is 2. The van der Waals surface area contributed by atoms with Gasteiger partial charge in [-0.3, -0.25) is 4.79 Å². The number of aliphatic hydroxyl groups is 1. The van der Waals surface area contributed by atoms with Crippen LogP contribution in [0.3, 0.4) is 0 Å². The average Bonchev–Trinajstić information content (AvgIpc) is 2.81. The fraction of sp³-hybridized carbons (Fsp3) is 0.167. The van der Waals surface area contributed by atoms with Gasteiger partial charge in [0.15, 0.2) is 11.8 Å². The number of amides is 1. The number of benzene rings is 3. The van der Waals surface area contributed by atoms with Gasteiger partial charge in [0.25, 0.3) is 5.91 Å². The molecule has 0 saturated heterocycles. The van der Waals surface area contributed by atoms with Crippen LogP contribution in [0.15, 0.2) is 78.9 Å². The Morgan fingerprint density at radius 3 is 2.10 bits per heavy atom. The summed E-state index contributed by atoms with van der Waals surface area (Å²) >= 11 is 6.24. The minimum Gasteiger partial charge on any atom is -0.487 e. The number of halogens is 1. The molecule has 0 heterocycles. The number of rotatable bonds is 9. The van der Waals surface area contributed by atoms with Crippen molar-refractivity contribution in [2.24, 2.45) is 0 Å². The first-order valence-corrected chi connectivity index (χ1v) is 10.0. The highest BCUT2D eigenvalue weighted by atomic mass is 35.5. The van der Waals surface area contributed by atoms with Crippen LogP contribution in [-0.2, 0) is 22.7 Å². The van der Waals surface area contributed by atoms with Crippen molar-refractivity contribution in [2.75, 3.05) is 6.61 Å². The second kappa shape index (κ2) is 11.2. The van der Waals surface area contributed by atoms with E-state index in [9.17, 15) is 14.7 Å². The van der Waals surface area contributed by atoms with Crippen LogP contribution in [0.25, 0.3) is 0 Å². The highest BCUT2D eigenvalue weighted by Gasteiger charge is 2.24. The van der Waals surface area contributed by atoms with Gasteiger partial charge in [-0.15, -0.1) is 0 Å². The van der Waals surface area contributed by atoms with Gasteiger partial charge < -0.3 is 19.9 Å². The number of para-hydroxylation sites is 1. The van der Waals surface area contributed by atoms with Crippen LogP contribution < -0.4 is 10.1 Å². The average molecular weight is 440 g/mol. The van der Waals surface area contributed by atoms with Crippen molar-refractivity contribution in [2.45, 2.75) is 19.3 Å². The van der Waals surface area contributed by atoms with Crippen molar-refractivity contribution in [3.63, 3.8) is 0 Å². The zero-order valence-electron chi connectivity index (χ0n) is 16.7. The maximum atomic E-state index is 12.8. The summed E-state index contributed by atoms with van der Waals surface area (Å²) in [4.78, 5) is 25.1. The van der Waals surface area contributed by atoms with E-state index in [4.69, 9.17) is 21.1 Å². The minimum absolute atomic E-state index is 0.0364. The lowest BCUT2D eigenvalue weighted by atomic mass is 10.1. The number of hydrogen-bond donors (Lipinski definition) is 2. The van der Waals surface area contributed by atoms with E-state index < -0.39 is 24.5 Å². The van der Waals surface area contributed by atoms with Crippen molar-refractivity contribution in [1.82, 2.24) is 5.32 Å². The highest BCUT2D eigenvalue weighted by Crippen LogP contribution is 2.29. The summed E-state index contributed by atoms with van der Waals surface area (Å²) in [5.41, 5.74) is 1.86. The van der Waals surface area contributed by atoms with Crippen LogP contribution in [0, 0.1) is 0 Å². The second-order valence-corrected chi connectivity index (χ2v) is 7.10. The number of esters is 1. The molecule has 31 heavy (non-hydrogen) atoms. The van der Waals surface area contributed by atoms with Crippen LogP contribution in [-0.4, -0.2) is 29.6 Å². The van der Waals surface area contributed by atoms with Gasteiger partial charge in [-0.25, -0.2) is 4.79 Å². The van der Waals surface area contributed by atoms with E-state index in [1.165, 1.54) is 6.07 Å². The number of hydrogen-bond acceptors (Lipinski definition) is 5. The molecule has 3 aromatic carbocycles. The molecule has 0 aliphatic heterocycles. The van der Waals surface area contributed by atoms with Crippen molar-refractivity contribution >= 4 is 23.5 Å². The molecule has 2 N–H and O–H groups in total. The molecule has 0 fully saturated rings. The molecule has 7 heteroatoms. The molecular weight excluding hydrogens is 418 g/mol. The van der Waals surface area contributed by atoms with Gasteiger partial charge in [0, 0.05) is 0 Å². The van der Waals surface area contributed by atoms with E-state index in [0.29, 0.717) is 0 Å². The van der Waals surface area contributed by atoms with Gasteiger partial charge >= 0.3 is 5.97 Å². The lowest BCUT2D eigenvalue weighted by Crippen LogP contribution is -2.44. The van der Waals surface area contributed by atoms with E-state index in [1.54, 1.807) is 12.1 Å². The summed E-state index contributed by atoms with van der Waals surface area (Å²) in [6.45, 7) is -0.359. The zero-order valence-corrected chi connectivity index (χ0v) is 17.4. The Bertz CT molecular complexity index is 1010. The molecule has 1 amide bonds. The summed E-state index contributed by atoms with van der Waals surface area (Å²) < 4.78 is 11.0. The van der Waals surface area contributed by atoms with Crippen molar-refractivity contribution in [3.8, 4) is 5.75 Å². The molecule has 1 atom stereocenters. The Morgan fingerprint density at radius 1 is 0.871 bits per heavy atom. The first-order valence-electron chi connectivity index (χ1n) is 9.66. The van der Waals surface area contributed by atoms with Gasteiger partial charge in [-0.1, -0.05) is 78.3 Å². The predicted molar refractivity (Wildman–Crippen MR) is 117 cm³/mol. The SMILES string of the molecule is O=C(N[C@@H](CO)C(=O)OCc1ccccc1)c1cccc(Cl)c1OCc1ccccc1. The monoisotopic (exact) mass is 439 g/mol. The smallest absolute Gasteiger partial charge is 0.331 e. The Kier molecular flexibility index (Phi) is 8.04. The van der Waals surface area contributed by atoms with Crippen LogP contribution in [0.1, 0.15) is 21.5 Å². The normalized spacial score (nSPS) is 11.4. The van der Waals surface area contributed by atoms with Crippen LogP contribution in [0.5, 0.6) is 5.75 Å². The molecule has 0 aliphatic carbocycles. The Morgan fingerprint density at radius 2 is 1.48 bits per heavy atom. The first kappa shape index (κ1) is 22.3. The standard InChI is InChI=1S/C24H22ClNO5/c25-20-13-7-12-19(22(20)30-15-17-8-3-1-4-9-17)23(28)26-21(14-27)24(29)31-16-18-10-5-2-6-11-18/h1-13,21,27H,14-16H2,(H,26,28)/t21-/m0/s1. The summed E-state index contributed by atoms with van der Waals surface area (Å²) in [6, 6.07) is 22.1. The molecule has 160 valence electrons. The van der Waals surface area contributed by atoms with E-state index >= 15 is 0 Å². The molecular formula is C24H22ClNO5. The first-order chi connectivity index (χ1) is 15.1.